The van der Waals surface area contributed by atoms with Crippen molar-refractivity contribution in [2.24, 2.45) is 11.8 Å². The van der Waals surface area contributed by atoms with E-state index in [0.717, 1.165) is 31.5 Å². The Balaban J connectivity index is 1.57. The standard InChI is InChI=1S/C17H21N3O3/c1-10-19-17(23-20-10)13-4-2-3-5-15(13)22-16-7-12-9-18-8-11(12)6-14(16)21/h2-5,11-12,14,16,18,21H,6-9H2,1H3/t11-,12+,14+,16+/m0/s1. The highest BCUT2D eigenvalue weighted by Crippen LogP contribution is 2.37. The van der Waals surface area contributed by atoms with Gasteiger partial charge >= 0.3 is 0 Å². The van der Waals surface area contributed by atoms with Gasteiger partial charge in [0.1, 0.15) is 11.9 Å². The van der Waals surface area contributed by atoms with Crippen LogP contribution >= 0.6 is 0 Å². The largest absolute Gasteiger partial charge is 0.487 e. The zero-order chi connectivity index (χ0) is 15.8. The summed E-state index contributed by atoms with van der Waals surface area (Å²) in [6.45, 7) is 3.81. The van der Waals surface area contributed by atoms with Gasteiger partial charge in [0.25, 0.3) is 5.89 Å². The number of aromatic nitrogens is 2. The third-order valence-corrected chi connectivity index (χ3v) is 4.91. The van der Waals surface area contributed by atoms with Gasteiger partial charge in [-0.3, -0.25) is 0 Å². The fourth-order valence-corrected chi connectivity index (χ4v) is 3.70. The van der Waals surface area contributed by atoms with Gasteiger partial charge in [0.05, 0.1) is 11.7 Å². The zero-order valence-corrected chi connectivity index (χ0v) is 13.1. The predicted molar refractivity (Wildman–Crippen MR) is 84.0 cm³/mol. The topological polar surface area (TPSA) is 80.4 Å². The van der Waals surface area contributed by atoms with E-state index in [1.54, 1.807) is 6.92 Å². The molecule has 2 N–H and O–H groups in total. The van der Waals surface area contributed by atoms with Crippen molar-refractivity contribution in [1.29, 1.82) is 0 Å². The van der Waals surface area contributed by atoms with Crippen LogP contribution in [0.3, 0.4) is 0 Å². The van der Waals surface area contributed by atoms with Crippen LogP contribution in [0.5, 0.6) is 5.75 Å². The highest BCUT2D eigenvalue weighted by molar-refractivity contribution is 5.62. The van der Waals surface area contributed by atoms with Crippen molar-refractivity contribution in [2.45, 2.75) is 32.0 Å². The summed E-state index contributed by atoms with van der Waals surface area (Å²) in [5.41, 5.74) is 0.770. The Morgan fingerprint density at radius 3 is 2.78 bits per heavy atom. The van der Waals surface area contributed by atoms with Crippen LogP contribution < -0.4 is 10.1 Å². The minimum absolute atomic E-state index is 0.193. The van der Waals surface area contributed by atoms with Crippen molar-refractivity contribution >= 4 is 0 Å². The first-order valence-corrected chi connectivity index (χ1v) is 8.16. The van der Waals surface area contributed by atoms with E-state index >= 15 is 0 Å². The average molecular weight is 315 g/mol. The molecule has 0 amide bonds. The second kappa shape index (κ2) is 5.94. The van der Waals surface area contributed by atoms with Gasteiger partial charge in [-0.2, -0.15) is 4.98 Å². The number of hydrogen-bond acceptors (Lipinski definition) is 6. The predicted octanol–water partition coefficient (Wildman–Crippen LogP) is 1.78. The summed E-state index contributed by atoms with van der Waals surface area (Å²) in [5.74, 6) is 2.88. The molecule has 6 nitrogen and oxygen atoms in total. The van der Waals surface area contributed by atoms with Crippen molar-refractivity contribution in [3.8, 4) is 17.2 Å². The van der Waals surface area contributed by atoms with E-state index in [0.29, 0.717) is 29.3 Å². The van der Waals surface area contributed by atoms with Crippen LogP contribution in [0.15, 0.2) is 28.8 Å². The van der Waals surface area contributed by atoms with Gasteiger partial charge in [0, 0.05) is 0 Å². The minimum atomic E-state index is -0.436. The van der Waals surface area contributed by atoms with Gasteiger partial charge < -0.3 is 19.7 Å². The number of nitrogens with zero attached hydrogens (tertiary/aromatic N) is 2. The van der Waals surface area contributed by atoms with E-state index < -0.39 is 6.10 Å². The van der Waals surface area contributed by atoms with Crippen LogP contribution in [-0.2, 0) is 0 Å². The molecule has 122 valence electrons. The lowest BCUT2D eigenvalue weighted by atomic mass is 9.78. The number of aliphatic hydroxyl groups is 1. The molecular formula is C17H21N3O3. The molecule has 6 heteroatoms. The molecule has 2 aliphatic rings. The summed E-state index contributed by atoms with van der Waals surface area (Å²) in [6.07, 6.45) is 1.04. The maximum absolute atomic E-state index is 10.4. The van der Waals surface area contributed by atoms with Crippen LogP contribution in [0, 0.1) is 18.8 Å². The van der Waals surface area contributed by atoms with Crippen LogP contribution in [0.1, 0.15) is 18.7 Å². The maximum Gasteiger partial charge on any atom is 0.261 e. The van der Waals surface area contributed by atoms with Gasteiger partial charge in [0.2, 0.25) is 0 Å². The Kier molecular flexibility index (Phi) is 3.79. The molecule has 1 aliphatic carbocycles. The molecule has 2 heterocycles. The quantitative estimate of drug-likeness (QED) is 0.899. The van der Waals surface area contributed by atoms with Crippen molar-refractivity contribution in [3.05, 3.63) is 30.1 Å². The third kappa shape index (κ3) is 2.84. The van der Waals surface area contributed by atoms with Crippen molar-refractivity contribution in [1.82, 2.24) is 15.5 Å². The smallest absolute Gasteiger partial charge is 0.261 e. The Hall–Kier alpha value is -1.92. The van der Waals surface area contributed by atoms with Crippen LogP contribution in [0.25, 0.3) is 11.5 Å². The second-order valence-electron chi connectivity index (χ2n) is 6.52. The monoisotopic (exact) mass is 315 g/mol. The Labute approximate surface area is 134 Å². The molecule has 2 aromatic rings. The summed E-state index contributed by atoms with van der Waals surface area (Å²) in [4.78, 5) is 4.28. The van der Waals surface area contributed by atoms with Gasteiger partial charge in [-0.1, -0.05) is 17.3 Å². The molecule has 1 aromatic carbocycles. The molecule has 2 fully saturated rings. The van der Waals surface area contributed by atoms with E-state index in [4.69, 9.17) is 9.26 Å². The van der Waals surface area contributed by atoms with Crippen LogP contribution in [-0.4, -0.2) is 40.5 Å². The van der Waals surface area contributed by atoms with E-state index in [1.165, 1.54) is 0 Å². The second-order valence-corrected chi connectivity index (χ2v) is 6.52. The molecule has 4 rings (SSSR count). The molecule has 1 aromatic heterocycles. The molecule has 0 unspecified atom stereocenters. The van der Waals surface area contributed by atoms with E-state index in [2.05, 4.69) is 15.5 Å². The van der Waals surface area contributed by atoms with Crippen LogP contribution in [0.2, 0.25) is 0 Å². The van der Waals surface area contributed by atoms with E-state index in [1.807, 2.05) is 24.3 Å². The lowest BCUT2D eigenvalue weighted by Gasteiger charge is -2.35. The molecule has 0 bridgehead atoms. The number of fused-ring (bicyclic) bond motifs is 1. The number of aliphatic hydroxyl groups excluding tert-OH is 1. The van der Waals surface area contributed by atoms with Gasteiger partial charge in [-0.15, -0.1) is 0 Å². The number of rotatable bonds is 3. The van der Waals surface area contributed by atoms with Crippen molar-refractivity contribution in [3.63, 3.8) is 0 Å². The number of hydrogen-bond donors (Lipinski definition) is 2. The first-order valence-electron chi connectivity index (χ1n) is 8.16. The summed E-state index contributed by atoms with van der Waals surface area (Å²) in [7, 11) is 0. The lowest BCUT2D eigenvalue weighted by molar-refractivity contribution is -0.0229. The summed E-state index contributed by atoms with van der Waals surface area (Å²) >= 11 is 0. The summed E-state index contributed by atoms with van der Waals surface area (Å²) < 4.78 is 11.4. The Bertz CT molecular complexity index is 687. The number of para-hydroxylation sites is 1. The summed E-state index contributed by atoms with van der Waals surface area (Å²) in [6, 6.07) is 7.62. The first-order chi connectivity index (χ1) is 11.2. The molecule has 23 heavy (non-hydrogen) atoms. The number of ether oxygens (including phenoxy) is 1. The van der Waals surface area contributed by atoms with Gasteiger partial charge in [-0.25, -0.2) is 0 Å². The number of aryl methyl sites for hydroxylation is 1. The molecule has 1 saturated heterocycles. The molecule has 1 aliphatic heterocycles. The Morgan fingerprint density at radius 1 is 1.22 bits per heavy atom. The average Bonchev–Trinajstić information content (AvgIpc) is 3.17. The van der Waals surface area contributed by atoms with Gasteiger partial charge in [0.15, 0.2) is 5.82 Å². The minimum Gasteiger partial charge on any atom is -0.487 e. The lowest BCUT2D eigenvalue weighted by Crippen LogP contribution is -2.42. The first kappa shape index (κ1) is 14.7. The maximum atomic E-state index is 10.4. The van der Waals surface area contributed by atoms with Crippen molar-refractivity contribution < 1.29 is 14.4 Å². The normalized spacial score (nSPS) is 30.2. The number of benzene rings is 1. The summed E-state index contributed by atoms with van der Waals surface area (Å²) in [5, 5.41) is 17.7. The molecule has 0 spiro atoms. The zero-order valence-electron chi connectivity index (χ0n) is 13.1. The van der Waals surface area contributed by atoms with E-state index in [-0.39, 0.29) is 6.10 Å². The SMILES string of the molecule is Cc1noc(-c2ccccc2O[C@@H]2C[C@@H]3CNC[C@@H]3C[C@H]2O)n1. The molecule has 1 saturated carbocycles. The fraction of sp³-hybridized carbons (Fsp3) is 0.529. The van der Waals surface area contributed by atoms with Crippen LogP contribution in [0.4, 0.5) is 0 Å². The van der Waals surface area contributed by atoms with Gasteiger partial charge in [-0.05, 0) is 56.8 Å². The molecular weight excluding hydrogens is 294 g/mol. The highest BCUT2D eigenvalue weighted by atomic mass is 16.5. The fourth-order valence-electron chi connectivity index (χ4n) is 3.70. The highest BCUT2D eigenvalue weighted by Gasteiger charge is 2.40. The number of nitrogens with one attached hydrogen (secondary N) is 1. The molecule has 4 atom stereocenters. The van der Waals surface area contributed by atoms with Crippen molar-refractivity contribution in [2.75, 3.05) is 13.1 Å². The third-order valence-electron chi connectivity index (χ3n) is 4.91. The molecule has 0 radical (unpaired) electrons. The van der Waals surface area contributed by atoms with E-state index in [9.17, 15) is 5.11 Å². The Morgan fingerprint density at radius 2 is 2.00 bits per heavy atom.